The fourth-order valence-electron chi connectivity index (χ4n) is 1.99. The van der Waals surface area contributed by atoms with Gasteiger partial charge < -0.3 is 10.5 Å². The quantitative estimate of drug-likeness (QED) is 0.874. The van der Waals surface area contributed by atoms with Crippen molar-refractivity contribution in [3.8, 4) is 5.75 Å². The van der Waals surface area contributed by atoms with E-state index >= 15 is 0 Å². The van der Waals surface area contributed by atoms with Gasteiger partial charge in [0.2, 0.25) is 0 Å². The fraction of sp³-hybridized carbons (Fsp3) is 0.200. The minimum atomic E-state index is -0.430. The summed E-state index contributed by atoms with van der Waals surface area (Å²) < 4.78 is 19.5. The Bertz CT molecular complexity index is 621. The average Bonchev–Trinajstić information content (AvgIpc) is 2.44. The zero-order chi connectivity index (χ0) is 14.7. The number of hydrogen-bond donors (Lipinski definition) is 1. The first-order valence-corrected chi connectivity index (χ1v) is 7.22. The summed E-state index contributed by atoms with van der Waals surface area (Å²) >= 11 is 9.42. The monoisotopic (exact) mass is 357 g/mol. The zero-order valence-electron chi connectivity index (χ0n) is 10.9. The normalized spacial score (nSPS) is 12.2. The lowest BCUT2D eigenvalue weighted by molar-refractivity contribution is 0.413. The number of ether oxygens (including phenoxy) is 1. The van der Waals surface area contributed by atoms with Crippen molar-refractivity contribution in [2.45, 2.75) is 12.5 Å². The molecule has 5 heteroatoms. The molecule has 2 aromatic rings. The Labute approximate surface area is 130 Å². The van der Waals surface area contributed by atoms with E-state index in [1.807, 2.05) is 18.2 Å². The molecule has 2 aromatic carbocycles. The van der Waals surface area contributed by atoms with Crippen LogP contribution in [0, 0.1) is 5.82 Å². The van der Waals surface area contributed by atoms with E-state index in [4.69, 9.17) is 22.1 Å². The Morgan fingerprint density at radius 1 is 1.35 bits per heavy atom. The first-order valence-electron chi connectivity index (χ1n) is 6.05. The molecule has 0 saturated heterocycles. The smallest absolute Gasteiger partial charge is 0.142 e. The van der Waals surface area contributed by atoms with Gasteiger partial charge in [-0.1, -0.05) is 39.7 Å². The van der Waals surface area contributed by atoms with Crippen LogP contribution in [0.15, 0.2) is 40.9 Å². The third kappa shape index (κ3) is 3.32. The second-order valence-corrected chi connectivity index (χ2v) is 5.64. The van der Waals surface area contributed by atoms with Gasteiger partial charge in [-0.15, -0.1) is 0 Å². The van der Waals surface area contributed by atoms with Crippen molar-refractivity contribution in [2.75, 3.05) is 7.11 Å². The van der Waals surface area contributed by atoms with Gasteiger partial charge in [-0.25, -0.2) is 4.39 Å². The molecule has 20 heavy (non-hydrogen) atoms. The van der Waals surface area contributed by atoms with Crippen LogP contribution in [0.2, 0.25) is 5.02 Å². The third-order valence-corrected chi connectivity index (χ3v) is 4.22. The van der Waals surface area contributed by atoms with E-state index < -0.39 is 5.82 Å². The number of rotatable bonds is 4. The van der Waals surface area contributed by atoms with Crippen LogP contribution in [0.5, 0.6) is 5.75 Å². The Morgan fingerprint density at radius 2 is 2.10 bits per heavy atom. The van der Waals surface area contributed by atoms with Crippen LogP contribution < -0.4 is 10.5 Å². The molecule has 0 fully saturated rings. The van der Waals surface area contributed by atoms with Crippen molar-refractivity contribution in [3.05, 3.63) is 62.8 Å². The van der Waals surface area contributed by atoms with Crippen LogP contribution in [0.3, 0.4) is 0 Å². The highest BCUT2D eigenvalue weighted by molar-refractivity contribution is 9.10. The van der Waals surface area contributed by atoms with E-state index in [1.54, 1.807) is 19.2 Å². The molecule has 0 amide bonds. The van der Waals surface area contributed by atoms with Gasteiger partial charge in [-0.3, -0.25) is 0 Å². The molecule has 2 rings (SSSR count). The van der Waals surface area contributed by atoms with Crippen molar-refractivity contribution < 1.29 is 9.13 Å². The summed E-state index contributed by atoms with van der Waals surface area (Å²) in [6, 6.07) is 10.0. The molecule has 2 N–H and O–H groups in total. The molecular formula is C15H14BrClFNO. The topological polar surface area (TPSA) is 35.2 Å². The van der Waals surface area contributed by atoms with Gasteiger partial charge in [0.15, 0.2) is 0 Å². The van der Waals surface area contributed by atoms with Crippen molar-refractivity contribution in [1.29, 1.82) is 0 Å². The molecule has 1 atom stereocenters. The van der Waals surface area contributed by atoms with Gasteiger partial charge in [0.25, 0.3) is 0 Å². The summed E-state index contributed by atoms with van der Waals surface area (Å²) in [6.07, 6.45) is 0.447. The largest absolute Gasteiger partial charge is 0.497 e. The van der Waals surface area contributed by atoms with E-state index in [0.717, 1.165) is 15.8 Å². The number of methoxy groups -OCH3 is 1. The minimum Gasteiger partial charge on any atom is -0.497 e. The number of nitrogens with two attached hydrogens (primary N) is 1. The summed E-state index contributed by atoms with van der Waals surface area (Å²) in [6.45, 7) is 0. The summed E-state index contributed by atoms with van der Waals surface area (Å²) in [5.41, 5.74) is 7.79. The third-order valence-electron chi connectivity index (χ3n) is 3.07. The molecule has 0 aliphatic carbocycles. The Balaban J connectivity index is 2.28. The van der Waals surface area contributed by atoms with Crippen molar-refractivity contribution in [2.24, 2.45) is 5.73 Å². The molecule has 2 nitrogen and oxygen atoms in total. The second kappa shape index (κ2) is 6.57. The molecular weight excluding hydrogens is 345 g/mol. The Hall–Kier alpha value is -1.10. The SMILES string of the molecule is COc1ccc(Br)c(C(N)Cc2cccc(F)c2Cl)c1. The van der Waals surface area contributed by atoms with Crippen LogP contribution in [-0.2, 0) is 6.42 Å². The molecule has 0 aromatic heterocycles. The highest BCUT2D eigenvalue weighted by Gasteiger charge is 2.15. The maximum atomic E-state index is 13.4. The minimum absolute atomic E-state index is 0.127. The molecule has 0 aliphatic heterocycles. The molecule has 106 valence electrons. The van der Waals surface area contributed by atoms with Crippen LogP contribution in [0.1, 0.15) is 17.2 Å². The van der Waals surface area contributed by atoms with Crippen LogP contribution in [0.25, 0.3) is 0 Å². The van der Waals surface area contributed by atoms with E-state index in [-0.39, 0.29) is 11.1 Å². The van der Waals surface area contributed by atoms with Crippen LogP contribution in [0.4, 0.5) is 4.39 Å². The average molecular weight is 359 g/mol. The van der Waals surface area contributed by atoms with Crippen molar-refractivity contribution in [1.82, 2.24) is 0 Å². The standard InChI is InChI=1S/C15H14BrClFNO/c1-20-10-5-6-12(16)11(8-10)14(19)7-9-3-2-4-13(18)15(9)17/h2-6,8,14H,7,19H2,1H3. The van der Waals surface area contributed by atoms with Gasteiger partial charge in [-0.05, 0) is 41.8 Å². The highest BCUT2D eigenvalue weighted by Crippen LogP contribution is 2.30. The lowest BCUT2D eigenvalue weighted by Crippen LogP contribution is -2.14. The lowest BCUT2D eigenvalue weighted by Gasteiger charge is -2.16. The zero-order valence-corrected chi connectivity index (χ0v) is 13.2. The van der Waals surface area contributed by atoms with E-state index in [2.05, 4.69) is 15.9 Å². The number of benzene rings is 2. The summed E-state index contributed by atoms with van der Waals surface area (Å²) in [5.74, 6) is 0.296. The van der Waals surface area contributed by atoms with Crippen LogP contribution in [-0.4, -0.2) is 7.11 Å². The Kier molecular flexibility index (Phi) is 5.02. The first kappa shape index (κ1) is 15.3. The number of halogens is 3. The predicted molar refractivity (Wildman–Crippen MR) is 82.7 cm³/mol. The van der Waals surface area contributed by atoms with Crippen molar-refractivity contribution >= 4 is 27.5 Å². The lowest BCUT2D eigenvalue weighted by atomic mass is 9.99. The molecule has 1 unspecified atom stereocenters. The van der Waals surface area contributed by atoms with Gasteiger partial charge in [0.1, 0.15) is 11.6 Å². The Morgan fingerprint density at radius 3 is 2.80 bits per heavy atom. The van der Waals surface area contributed by atoms with Gasteiger partial charge in [-0.2, -0.15) is 0 Å². The molecule has 0 saturated carbocycles. The highest BCUT2D eigenvalue weighted by atomic mass is 79.9. The van der Waals surface area contributed by atoms with Crippen LogP contribution >= 0.6 is 27.5 Å². The molecule has 0 bridgehead atoms. The van der Waals surface area contributed by atoms with Gasteiger partial charge >= 0.3 is 0 Å². The van der Waals surface area contributed by atoms with E-state index in [9.17, 15) is 4.39 Å². The summed E-state index contributed by atoms with van der Waals surface area (Å²) in [7, 11) is 1.60. The molecule has 0 spiro atoms. The first-order chi connectivity index (χ1) is 9.52. The van der Waals surface area contributed by atoms with Crippen molar-refractivity contribution in [3.63, 3.8) is 0 Å². The molecule has 0 heterocycles. The molecule has 0 aliphatic rings. The van der Waals surface area contributed by atoms with Gasteiger partial charge in [0.05, 0.1) is 12.1 Å². The predicted octanol–water partition coefficient (Wildman–Crippen LogP) is 4.49. The summed E-state index contributed by atoms with van der Waals surface area (Å²) in [5, 5.41) is 0.127. The van der Waals surface area contributed by atoms with E-state index in [0.29, 0.717) is 12.0 Å². The molecule has 0 radical (unpaired) electrons. The maximum Gasteiger partial charge on any atom is 0.142 e. The number of hydrogen-bond acceptors (Lipinski definition) is 2. The van der Waals surface area contributed by atoms with Gasteiger partial charge in [0, 0.05) is 10.5 Å². The maximum absolute atomic E-state index is 13.4. The fourth-order valence-corrected chi connectivity index (χ4v) is 2.73. The second-order valence-electron chi connectivity index (χ2n) is 4.41. The van der Waals surface area contributed by atoms with E-state index in [1.165, 1.54) is 6.07 Å². The summed E-state index contributed by atoms with van der Waals surface area (Å²) in [4.78, 5) is 0.